The molecule has 1 spiro atoms. The Morgan fingerprint density at radius 1 is 0.525 bits per heavy atom. The maximum atomic E-state index is 2.61. The molecule has 40 heavy (non-hydrogen) atoms. The highest BCUT2D eigenvalue weighted by Crippen LogP contribution is 2.76. The van der Waals surface area contributed by atoms with Crippen molar-refractivity contribution < 1.29 is 0 Å². The van der Waals surface area contributed by atoms with Crippen molar-refractivity contribution in [2.24, 2.45) is 99.1 Å². The molecule has 7 fully saturated rings. The molecule has 0 aromatic rings. The summed E-state index contributed by atoms with van der Waals surface area (Å²) in [7, 11) is 0. The average molecular weight is 549 g/mol. The van der Waals surface area contributed by atoms with Crippen molar-refractivity contribution in [3.8, 4) is 0 Å². The zero-order valence-electron chi connectivity index (χ0n) is 28.2. The lowest BCUT2D eigenvalue weighted by molar-refractivity contribution is -0.0795. The molecule has 0 nitrogen and oxygen atoms in total. The summed E-state index contributed by atoms with van der Waals surface area (Å²) < 4.78 is 0. The molecular formula is C40H68. The van der Waals surface area contributed by atoms with E-state index in [0.717, 1.165) is 82.9 Å². The Bertz CT molecular complexity index is 889. The van der Waals surface area contributed by atoms with Gasteiger partial charge < -0.3 is 0 Å². The highest BCUT2D eigenvalue weighted by Gasteiger charge is 2.69. The first-order chi connectivity index (χ1) is 18.9. The van der Waals surface area contributed by atoms with Crippen LogP contribution >= 0.6 is 0 Å². The van der Waals surface area contributed by atoms with Crippen LogP contribution in [0.15, 0.2) is 0 Å². The molecule has 7 rings (SSSR count). The first-order valence-electron chi connectivity index (χ1n) is 18.9. The van der Waals surface area contributed by atoms with E-state index in [1.807, 2.05) is 0 Å². The minimum absolute atomic E-state index is 0.449. The van der Waals surface area contributed by atoms with Crippen LogP contribution in [-0.4, -0.2) is 0 Å². The van der Waals surface area contributed by atoms with Gasteiger partial charge in [0.1, 0.15) is 0 Å². The van der Waals surface area contributed by atoms with Crippen molar-refractivity contribution >= 4 is 0 Å². The van der Waals surface area contributed by atoms with Crippen LogP contribution in [0.5, 0.6) is 0 Å². The zero-order chi connectivity index (χ0) is 28.2. The Labute approximate surface area is 250 Å². The van der Waals surface area contributed by atoms with E-state index in [0.29, 0.717) is 16.2 Å². The highest BCUT2D eigenvalue weighted by atomic mass is 14.7. The highest BCUT2D eigenvalue weighted by molar-refractivity contribution is 5.17. The summed E-state index contributed by atoms with van der Waals surface area (Å²) >= 11 is 0. The number of hydrogen-bond donors (Lipinski definition) is 0. The second-order valence-electron chi connectivity index (χ2n) is 20.0. The smallest absolute Gasteiger partial charge is 0.0230 e. The third-order valence-corrected chi connectivity index (χ3v) is 16.4. The SMILES string of the molecule is CC(C)C1CCC2C3C4C(CCC3C3(CC(C(C)(C)C)CC(C(C)(C)C)C3)C2C1)CC1CCC2CCCCC2C14. The Kier molecular flexibility index (Phi) is 7.20. The Morgan fingerprint density at radius 2 is 1.15 bits per heavy atom. The van der Waals surface area contributed by atoms with Gasteiger partial charge in [0.15, 0.2) is 0 Å². The molecule has 7 aliphatic carbocycles. The minimum Gasteiger partial charge on any atom is -0.0625 e. The summed E-state index contributed by atoms with van der Waals surface area (Å²) in [4.78, 5) is 0. The van der Waals surface area contributed by atoms with Crippen LogP contribution in [0.2, 0.25) is 0 Å². The number of hydrogen-bond acceptors (Lipinski definition) is 0. The molecule has 0 heteroatoms. The Hall–Kier alpha value is 0. The molecule has 13 unspecified atom stereocenters. The van der Waals surface area contributed by atoms with E-state index < -0.39 is 0 Å². The summed E-state index contributed by atoms with van der Waals surface area (Å²) in [5, 5.41) is 0. The van der Waals surface area contributed by atoms with E-state index in [1.54, 1.807) is 89.9 Å². The van der Waals surface area contributed by atoms with Gasteiger partial charge in [-0.2, -0.15) is 0 Å². The standard InChI is InChI=1S/C40H68/c1-24(2)26-15-17-32-34(20-26)40(22-29(38(3,4)5)21-30(23-40)39(6,7)8)33-18-16-28-19-27-14-13-25-11-9-10-12-31(25)35(27)36(28)37(32)33/h24-37H,9-23H2,1-8H3. The van der Waals surface area contributed by atoms with Gasteiger partial charge in [-0.3, -0.25) is 0 Å². The van der Waals surface area contributed by atoms with Crippen molar-refractivity contribution in [2.45, 2.75) is 152 Å². The van der Waals surface area contributed by atoms with E-state index in [-0.39, 0.29) is 0 Å². The Balaban J connectivity index is 1.31. The van der Waals surface area contributed by atoms with Crippen molar-refractivity contribution in [2.75, 3.05) is 0 Å². The Morgan fingerprint density at radius 3 is 1.82 bits per heavy atom. The van der Waals surface area contributed by atoms with E-state index in [4.69, 9.17) is 0 Å². The lowest BCUT2D eigenvalue weighted by Gasteiger charge is -2.57. The van der Waals surface area contributed by atoms with E-state index in [1.165, 1.54) is 6.42 Å². The van der Waals surface area contributed by atoms with Crippen molar-refractivity contribution in [3.05, 3.63) is 0 Å². The summed E-state index contributed by atoms with van der Waals surface area (Å²) in [6, 6.07) is 0. The van der Waals surface area contributed by atoms with Gasteiger partial charge in [0.2, 0.25) is 0 Å². The normalized spacial score (nSPS) is 52.6. The summed E-state index contributed by atoms with van der Waals surface area (Å²) in [6.07, 6.45) is 23.8. The van der Waals surface area contributed by atoms with Crippen LogP contribution in [0.3, 0.4) is 0 Å². The monoisotopic (exact) mass is 549 g/mol. The van der Waals surface area contributed by atoms with E-state index in [9.17, 15) is 0 Å². The molecule has 0 amide bonds. The van der Waals surface area contributed by atoms with Gasteiger partial charge in [0.05, 0.1) is 0 Å². The van der Waals surface area contributed by atoms with E-state index in [2.05, 4.69) is 55.4 Å². The molecule has 0 bridgehead atoms. The summed E-state index contributed by atoms with van der Waals surface area (Å²) in [6.45, 7) is 20.8. The fraction of sp³-hybridized carbons (Fsp3) is 1.00. The van der Waals surface area contributed by atoms with Crippen LogP contribution < -0.4 is 0 Å². The summed E-state index contributed by atoms with van der Waals surface area (Å²) in [5.41, 5.74) is 1.55. The van der Waals surface area contributed by atoms with Crippen molar-refractivity contribution in [1.82, 2.24) is 0 Å². The van der Waals surface area contributed by atoms with E-state index >= 15 is 0 Å². The molecule has 7 aliphatic rings. The average Bonchev–Trinajstić information content (AvgIpc) is 3.41. The molecular weight excluding hydrogens is 480 g/mol. The molecule has 0 radical (unpaired) electrons. The maximum Gasteiger partial charge on any atom is -0.0230 e. The molecule has 0 aromatic heterocycles. The molecule has 0 saturated heterocycles. The fourth-order valence-corrected chi connectivity index (χ4v) is 14.5. The van der Waals surface area contributed by atoms with Crippen LogP contribution in [0.4, 0.5) is 0 Å². The quantitative estimate of drug-likeness (QED) is 0.306. The van der Waals surface area contributed by atoms with Gasteiger partial charge in [0.25, 0.3) is 0 Å². The summed E-state index contributed by atoms with van der Waals surface area (Å²) in [5.74, 6) is 14.7. The van der Waals surface area contributed by atoms with Crippen LogP contribution in [0.25, 0.3) is 0 Å². The largest absolute Gasteiger partial charge is 0.0625 e. The zero-order valence-corrected chi connectivity index (χ0v) is 28.2. The van der Waals surface area contributed by atoms with Gasteiger partial charge in [-0.15, -0.1) is 0 Å². The molecule has 0 aliphatic heterocycles. The third kappa shape index (κ3) is 4.46. The van der Waals surface area contributed by atoms with Crippen LogP contribution in [0, 0.1) is 99.1 Å². The predicted octanol–water partition coefficient (Wildman–Crippen LogP) is 11.7. The van der Waals surface area contributed by atoms with Crippen LogP contribution in [0.1, 0.15) is 152 Å². The lowest BCUT2D eigenvalue weighted by atomic mass is 9.48. The number of fused-ring (bicyclic) bond motifs is 11. The first kappa shape index (κ1) is 28.8. The molecule has 7 saturated carbocycles. The van der Waals surface area contributed by atoms with Gasteiger partial charge in [-0.05, 0) is 176 Å². The first-order valence-corrected chi connectivity index (χ1v) is 18.9. The molecule has 13 atom stereocenters. The fourth-order valence-electron chi connectivity index (χ4n) is 14.5. The predicted molar refractivity (Wildman–Crippen MR) is 171 cm³/mol. The van der Waals surface area contributed by atoms with Gasteiger partial charge >= 0.3 is 0 Å². The second-order valence-corrected chi connectivity index (χ2v) is 20.0. The van der Waals surface area contributed by atoms with Crippen molar-refractivity contribution in [1.29, 1.82) is 0 Å². The second kappa shape index (κ2) is 10.0. The van der Waals surface area contributed by atoms with Gasteiger partial charge in [-0.25, -0.2) is 0 Å². The van der Waals surface area contributed by atoms with Crippen molar-refractivity contribution in [3.63, 3.8) is 0 Å². The van der Waals surface area contributed by atoms with Gasteiger partial charge in [-0.1, -0.05) is 74.7 Å². The third-order valence-electron chi connectivity index (χ3n) is 16.4. The number of rotatable bonds is 1. The molecule has 228 valence electrons. The topological polar surface area (TPSA) is 0 Å². The maximum absolute atomic E-state index is 2.61. The molecule has 0 N–H and O–H groups in total. The lowest BCUT2D eigenvalue weighted by Crippen LogP contribution is -2.49. The van der Waals surface area contributed by atoms with Crippen LogP contribution in [-0.2, 0) is 0 Å². The minimum atomic E-state index is 0.449. The molecule has 0 heterocycles. The van der Waals surface area contributed by atoms with Gasteiger partial charge in [0, 0.05) is 0 Å². The molecule has 0 aromatic carbocycles.